The predicted molar refractivity (Wildman–Crippen MR) is 83.6 cm³/mol. The second-order valence-electron chi connectivity index (χ2n) is 6.56. The standard InChI is InChI=1S/C16H22F2N2O2S/c1-11-8-16(15(18)9-14(11)17)23(21,22)20-6-4-13(5-7-20)19-10-12-2-3-12/h8-9,12-13,19H,2-7,10H2,1H3. The van der Waals surface area contributed by atoms with Crippen molar-refractivity contribution in [2.24, 2.45) is 5.92 Å². The van der Waals surface area contributed by atoms with Crippen molar-refractivity contribution in [1.82, 2.24) is 9.62 Å². The van der Waals surface area contributed by atoms with Crippen molar-refractivity contribution in [3.05, 3.63) is 29.3 Å². The largest absolute Gasteiger partial charge is 0.314 e. The fourth-order valence-corrected chi connectivity index (χ4v) is 4.52. The van der Waals surface area contributed by atoms with Crippen molar-refractivity contribution < 1.29 is 17.2 Å². The third-order valence-electron chi connectivity index (χ3n) is 4.68. The first-order valence-electron chi connectivity index (χ1n) is 8.07. The number of benzene rings is 1. The van der Waals surface area contributed by atoms with Gasteiger partial charge in [-0.05, 0) is 56.7 Å². The van der Waals surface area contributed by atoms with E-state index in [0.29, 0.717) is 38.0 Å². The topological polar surface area (TPSA) is 49.4 Å². The molecule has 0 amide bonds. The van der Waals surface area contributed by atoms with Crippen LogP contribution >= 0.6 is 0 Å². The Hall–Kier alpha value is -1.05. The van der Waals surface area contributed by atoms with Crippen LogP contribution in [0.25, 0.3) is 0 Å². The van der Waals surface area contributed by atoms with Crippen LogP contribution in [-0.4, -0.2) is 38.4 Å². The summed E-state index contributed by atoms with van der Waals surface area (Å²) in [5.74, 6) is -0.973. The Balaban J connectivity index is 1.67. The summed E-state index contributed by atoms with van der Waals surface area (Å²) < 4.78 is 53.8. The Morgan fingerprint density at radius 3 is 2.39 bits per heavy atom. The molecule has 4 nitrogen and oxygen atoms in total. The Morgan fingerprint density at radius 2 is 1.78 bits per heavy atom. The molecule has 1 saturated carbocycles. The molecule has 1 aromatic carbocycles. The molecule has 7 heteroatoms. The predicted octanol–water partition coefficient (Wildman–Crippen LogP) is 2.43. The Morgan fingerprint density at radius 1 is 1.13 bits per heavy atom. The minimum absolute atomic E-state index is 0.131. The molecule has 0 atom stereocenters. The highest BCUT2D eigenvalue weighted by atomic mass is 32.2. The van der Waals surface area contributed by atoms with E-state index in [-0.39, 0.29) is 5.56 Å². The molecule has 1 N–H and O–H groups in total. The lowest BCUT2D eigenvalue weighted by molar-refractivity contribution is 0.287. The van der Waals surface area contributed by atoms with Crippen LogP contribution in [-0.2, 0) is 10.0 Å². The summed E-state index contributed by atoms with van der Waals surface area (Å²) in [6.45, 7) is 3.16. The van der Waals surface area contributed by atoms with Crippen LogP contribution in [0.2, 0.25) is 0 Å². The summed E-state index contributed by atoms with van der Waals surface area (Å²) in [6, 6.07) is 2.05. The molecule has 0 aromatic heterocycles. The molecular formula is C16H22F2N2O2S. The number of halogens is 2. The zero-order chi connectivity index (χ0) is 16.6. The number of aryl methyl sites for hydroxylation is 1. The highest BCUT2D eigenvalue weighted by Gasteiger charge is 2.32. The number of sulfonamides is 1. The quantitative estimate of drug-likeness (QED) is 0.892. The van der Waals surface area contributed by atoms with Crippen molar-refractivity contribution in [3.8, 4) is 0 Å². The van der Waals surface area contributed by atoms with Crippen LogP contribution in [0, 0.1) is 24.5 Å². The van der Waals surface area contributed by atoms with Crippen LogP contribution < -0.4 is 5.32 Å². The highest BCUT2D eigenvalue weighted by molar-refractivity contribution is 7.89. The lowest BCUT2D eigenvalue weighted by atomic mass is 10.1. The fourth-order valence-electron chi connectivity index (χ4n) is 2.92. The molecule has 1 aromatic rings. The van der Waals surface area contributed by atoms with E-state index in [0.717, 1.165) is 18.5 Å². The van der Waals surface area contributed by atoms with Gasteiger partial charge in [-0.2, -0.15) is 4.31 Å². The van der Waals surface area contributed by atoms with Gasteiger partial charge < -0.3 is 5.32 Å². The second kappa shape index (κ2) is 6.45. The lowest BCUT2D eigenvalue weighted by Crippen LogP contribution is -2.45. The average molecular weight is 344 g/mol. The van der Waals surface area contributed by atoms with Gasteiger partial charge >= 0.3 is 0 Å². The highest BCUT2D eigenvalue weighted by Crippen LogP contribution is 2.29. The van der Waals surface area contributed by atoms with E-state index in [1.165, 1.54) is 24.1 Å². The molecule has 1 aliphatic heterocycles. The van der Waals surface area contributed by atoms with Crippen LogP contribution in [0.4, 0.5) is 8.78 Å². The average Bonchev–Trinajstić information content (AvgIpc) is 3.33. The van der Waals surface area contributed by atoms with Crippen molar-refractivity contribution in [2.45, 2.75) is 43.5 Å². The molecule has 0 unspecified atom stereocenters. The summed E-state index contributed by atoms with van der Waals surface area (Å²) in [4.78, 5) is -0.430. The first-order chi connectivity index (χ1) is 10.9. The van der Waals surface area contributed by atoms with Gasteiger partial charge in [0.05, 0.1) is 0 Å². The number of nitrogens with one attached hydrogen (secondary N) is 1. The molecule has 1 heterocycles. The zero-order valence-electron chi connectivity index (χ0n) is 13.2. The van der Waals surface area contributed by atoms with Gasteiger partial charge in [-0.3, -0.25) is 0 Å². The first kappa shape index (κ1) is 16.8. The number of nitrogens with zero attached hydrogens (tertiary/aromatic N) is 1. The van der Waals surface area contributed by atoms with Gasteiger partial charge in [0.1, 0.15) is 16.5 Å². The first-order valence-corrected chi connectivity index (χ1v) is 9.51. The number of piperidine rings is 1. The number of hydrogen-bond donors (Lipinski definition) is 1. The molecule has 1 saturated heterocycles. The molecule has 2 aliphatic rings. The van der Waals surface area contributed by atoms with Crippen LogP contribution in [0.15, 0.2) is 17.0 Å². The van der Waals surface area contributed by atoms with E-state index < -0.39 is 26.6 Å². The maximum atomic E-state index is 13.9. The van der Waals surface area contributed by atoms with Gasteiger partial charge in [0.15, 0.2) is 0 Å². The van der Waals surface area contributed by atoms with Crippen molar-refractivity contribution in [3.63, 3.8) is 0 Å². The third kappa shape index (κ3) is 3.72. The van der Waals surface area contributed by atoms with Crippen molar-refractivity contribution in [1.29, 1.82) is 0 Å². The molecule has 3 rings (SSSR count). The molecule has 1 aliphatic carbocycles. The SMILES string of the molecule is Cc1cc(S(=O)(=O)N2CCC(NCC3CC3)CC2)c(F)cc1F. The Labute approximate surface area is 135 Å². The second-order valence-corrected chi connectivity index (χ2v) is 8.47. The van der Waals surface area contributed by atoms with E-state index in [1.54, 1.807) is 0 Å². The Kier molecular flexibility index (Phi) is 4.71. The van der Waals surface area contributed by atoms with Gasteiger partial charge in [0.25, 0.3) is 0 Å². The summed E-state index contributed by atoms with van der Waals surface area (Å²) in [6.07, 6.45) is 3.99. The molecule has 23 heavy (non-hydrogen) atoms. The molecule has 0 spiro atoms. The molecular weight excluding hydrogens is 322 g/mol. The summed E-state index contributed by atoms with van der Waals surface area (Å²) >= 11 is 0. The molecule has 128 valence electrons. The number of hydrogen-bond acceptors (Lipinski definition) is 3. The van der Waals surface area contributed by atoms with Gasteiger partial charge in [-0.25, -0.2) is 17.2 Å². The van der Waals surface area contributed by atoms with E-state index in [4.69, 9.17) is 0 Å². The molecule has 0 bridgehead atoms. The van der Waals surface area contributed by atoms with Gasteiger partial charge in [-0.1, -0.05) is 0 Å². The normalized spacial score (nSPS) is 20.8. The van der Waals surface area contributed by atoms with Gasteiger partial charge in [-0.15, -0.1) is 0 Å². The summed E-state index contributed by atoms with van der Waals surface area (Å²) in [7, 11) is -3.91. The fraction of sp³-hybridized carbons (Fsp3) is 0.625. The minimum Gasteiger partial charge on any atom is -0.314 e. The zero-order valence-corrected chi connectivity index (χ0v) is 14.0. The van der Waals surface area contributed by atoms with Crippen molar-refractivity contribution >= 4 is 10.0 Å². The molecule has 2 fully saturated rings. The van der Waals surface area contributed by atoms with E-state index in [9.17, 15) is 17.2 Å². The lowest BCUT2D eigenvalue weighted by Gasteiger charge is -2.32. The smallest absolute Gasteiger partial charge is 0.245 e. The van der Waals surface area contributed by atoms with E-state index in [2.05, 4.69) is 5.32 Å². The monoisotopic (exact) mass is 344 g/mol. The number of rotatable bonds is 5. The maximum absolute atomic E-state index is 13.9. The van der Waals surface area contributed by atoms with Crippen molar-refractivity contribution in [2.75, 3.05) is 19.6 Å². The third-order valence-corrected chi connectivity index (χ3v) is 6.59. The van der Waals surface area contributed by atoms with Gasteiger partial charge in [0, 0.05) is 25.2 Å². The summed E-state index contributed by atoms with van der Waals surface area (Å²) in [5, 5.41) is 3.48. The summed E-state index contributed by atoms with van der Waals surface area (Å²) in [5.41, 5.74) is 0.131. The Bertz CT molecular complexity index is 682. The van der Waals surface area contributed by atoms with Crippen LogP contribution in [0.1, 0.15) is 31.2 Å². The van der Waals surface area contributed by atoms with Gasteiger partial charge in [0.2, 0.25) is 10.0 Å². The van der Waals surface area contributed by atoms with E-state index in [1.807, 2.05) is 0 Å². The minimum atomic E-state index is -3.91. The van der Waals surface area contributed by atoms with E-state index >= 15 is 0 Å². The maximum Gasteiger partial charge on any atom is 0.245 e. The molecule has 0 radical (unpaired) electrons. The van der Waals surface area contributed by atoms with Crippen LogP contribution in [0.3, 0.4) is 0 Å². The van der Waals surface area contributed by atoms with Crippen LogP contribution in [0.5, 0.6) is 0 Å².